The van der Waals surface area contributed by atoms with E-state index in [1.807, 2.05) is 43.3 Å². The predicted octanol–water partition coefficient (Wildman–Crippen LogP) is 4.24. The molecule has 0 bridgehead atoms. The lowest BCUT2D eigenvalue weighted by Crippen LogP contribution is -2.56. The van der Waals surface area contributed by atoms with Gasteiger partial charge in [-0.1, -0.05) is 48.9 Å². The molecule has 1 amide bonds. The van der Waals surface area contributed by atoms with Gasteiger partial charge in [0.25, 0.3) is 5.91 Å². The van der Waals surface area contributed by atoms with Crippen LogP contribution in [0.1, 0.15) is 53.6 Å². The zero-order valence-corrected chi connectivity index (χ0v) is 20.2. The van der Waals surface area contributed by atoms with Crippen molar-refractivity contribution < 1.29 is 28.3 Å². The Kier molecular flexibility index (Phi) is 9.22. The second-order valence-electron chi connectivity index (χ2n) is 9.06. The molecule has 34 heavy (non-hydrogen) atoms. The minimum absolute atomic E-state index is 0.148. The van der Waals surface area contributed by atoms with E-state index in [0.717, 1.165) is 49.9 Å². The highest BCUT2D eigenvalue weighted by molar-refractivity contribution is 6.02. The van der Waals surface area contributed by atoms with Crippen molar-refractivity contribution in [3.05, 3.63) is 65.2 Å². The summed E-state index contributed by atoms with van der Waals surface area (Å²) in [6, 6.07) is 14.8. The molecule has 2 aromatic carbocycles. The molecule has 1 fully saturated rings. The summed E-state index contributed by atoms with van der Waals surface area (Å²) < 4.78 is 10.8. The molecule has 0 radical (unpaired) electrons. The number of esters is 2. The summed E-state index contributed by atoms with van der Waals surface area (Å²) in [5.74, 6) is -1.03. The molecule has 7 nitrogen and oxygen atoms in total. The van der Waals surface area contributed by atoms with Crippen LogP contribution in [-0.2, 0) is 25.7 Å². The number of ether oxygens (including phenoxy) is 2. The van der Waals surface area contributed by atoms with E-state index in [1.54, 1.807) is 12.1 Å². The molecule has 1 heterocycles. The minimum Gasteiger partial charge on any atom is -0.465 e. The number of para-hydroxylation sites is 1. The Bertz CT molecular complexity index is 982. The fourth-order valence-electron chi connectivity index (χ4n) is 4.56. The Labute approximate surface area is 201 Å². The molecule has 7 heteroatoms. The third-order valence-corrected chi connectivity index (χ3v) is 6.39. The van der Waals surface area contributed by atoms with Crippen molar-refractivity contribution in [3.8, 4) is 0 Å². The average Bonchev–Trinajstić information content (AvgIpc) is 2.82. The highest BCUT2D eigenvalue weighted by atomic mass is 16.5. The summed E-state index contributed by atoms with van der Waals surface area (Å²) in [5, 5.41) is 2.93. The lowest BCUT2D eigenvalue weighted by atomic mass is 10.1. The van der Waals surface area contributed by atoms with Crippen LogP contribution in [-0.4, -0.2) is 55.6 Å². The van der Waals surface area contributed by atoms with Crippen LogP contribution in [0.15, 0.2) is 48.5 Å². The van der Waals surface area contributed by atoms with Gasteiger partial charge in [-0.05, 0) is 49.8 Å². The number of likely N-dealkylation sites (tertiary alicyclic amines) is 1. The molecule has 1 saturated heterocycles. The molecule has 182 valence electrons. The van der Waals surface area contributed by atoms with E-state index >= 15 is 0 Å². The van der Waals surface area contributed by atoms with E-state index in [2.05, 4.69) is 5.32 Å². The molecule has 0 spiro atoms. The van der Waals surface area contributed by atoms with E-state index in [0.29, 0.717) is 15.7 Å². The Hall–Kier alpha value is -3.19. The van der Waals surface area contributed by atoms with Gasteiger partial charge in [-0.15, -0.1) is 0 Å². The van der Waals surface area contributed by atoms with E-state index in [-0.39, 0.29) is 31.6 Å². The minimum atomic E-state index is -0.501. The van der Waals surface area contributed by atoms with Crippen LogP contribution >= 0.6 is 0 Å². The van der Waals surface area contributed by atoms with Gasteiger partial charge in [-0.2, -0.15) is 0 Å². The molecule has 0 aromatic heterocycles. The number of hydrogen-bond acceptors (Lipinski definition) is 5. The lowest BCUT2D eigenvalue weighted by Gasteiger charge is -2.38. The Balaban J connectivity index is 1.73. The predicted molar refractivity (Wildman–Crippen MR) is 130 cm³/mol. The largest absolute Gasteiger partial charge is 0.465 e. The number of methoxy groups -OCH3 is 1. The van der Waals surface area contributed by atoms with Crippen molar-refractivity contribution in [2.45, 2.75) is 45.6 Å². The quantitative estimate of drug-likeness (QED) is 0.464. The molecule has 2 aromatic rings. The van der Waals surface area contributed by atoms with E-state index < -0.39 is 5.97 Å². The summed E-state index contributed by atoms with van der Waals surface area (Å²) in [5.41, 5.74) is 2.48. The zero-order chi connectivity index (χ0) is 24.4. The first-order chi connectivity index (χ1) is 16.4. The van der Waals surface area contributed by atoms with Crippen molar-refractivity contribution in [2.24, 2.45) is 0 Å². The number of anilines is 1. The van der Waals surface area contributed by atoms with Crippen LogP contribution < -0.4 is 5.32 Å². The number of carbonyl (C=O) groups is 3. The zero-order valence-electron chi connectivity index (χ0n) is 20.2. The van der Waals surface area contributed by atoms with Crippen molar-refractivity contribution in [2.75, 3.05) is 38.6 Å². The fraction of sp³-hybridized carbons (Fsp3) is 0.444. The summed E-state index contributed by atoms with van der Waals surface area (Å²) in [6.45, 7) is 3.84. The summed E-state index contributed by atoms with van der Waals surface area (Å²) >= 11 is 0. The van der Waals surface area contributed by atoms with Gasteiger partial charge < -0.3 is 19.3 Å². The first kappa shape index (κ1) is 25.4. The van der Waals surface area contributed by atoms with Crippen molar-refractivity contribution in [1.29, 1.82) is 0 Å². The third kappa shape index (κ3) is 7.15. The summed E-state index contributed by atoms with van der Waals surface area (Å²) in [4.78, 5) is 38.3. The normalized spacial score (nSPS) is 15.5. The van der Waals surface area contributed by atoms with E-state index in [4.69, 9.17) is 9.47 Å². The van der Waals surface area contributed by atoms with Crippen LogP contribution in [0.25, 0.3) is 0 Å². The average molecular weight is 468 g/mol. The molecule has 0 saturated carbocycles. The number of nitrogens with one attached hydrogen (secondary N) is 1. The van der Waals surface area contributed by atoms with E-state index in [9.17, 15) is 14.4 Å². The third-order valence-electron chi connectivity index (χ3n) is 6.39. The fourth-order valence-corrected chi connectivity index (χ4v) is 4.56. The first-order valence-electron chi connectivity index (χ1n) is 11.9. The molecule has 1 aliphatic rings. The maximum Gasteiger partial charge on any atom is 0.362 e. The Morgan fingerprint density at radius 3 is 2.24 bits per heavy atom. The van der Waals surface area contributed by atoms with Crippen LogP contribution in [0.2, 0.25) is 0 Å². The van der Waals surface area contributed by atoms with Crippen LogP contribution in [0, 0.1) is 6.92 Å². The number of carbonyl (C=O) groups excluding carboxylic acids is 3. The van der Waals surface area contributed by atoms with Crippen LogP contribution in [0.4, 0.5) is 5.69 Å². The van der Waals surface area contributed by atoms with Crippen molar-refractivity contribution in [1.82, 2.24) is 0 Å². The Morgan fingerprint density at radius 1 is 0.882 bits per heavy atom. The topological polar surface area (TPSA) is 81.7 Å². The van der Waals surface area contributed by atoms with Crippen molar-refractivity contribution >= 4 is 23.5 Å². The monoisotopic (exact) mass is 467 g/mol. The number of amides is 1. The highest BCUT2D eigenvalue weighted by Gasteiger charge is 2.34. The molecule has 1 N–H and O–H groups in total. The van der Waals surface area contributed by atoms with Gasteiger partial charge in [0.05, 0.1) is 31.5 Å². The SMILES string of the molecule is COC(=O)c1cccc(C)c1NC(=O)C[N+]1(CC(=O)OCc2ccccc2)CCCCCCC1. The number of nitrogens with zero attached hydrogens (tertiary/aromatic N) is 1. The second-order valence-corrected chi connectivity index (χ2v) is 9.06. The van der Waals surface area contributed by atoms with Gasteiger partial charge >= 0.3 is 11.9 Å². The molecule has 1 aliphatic heterocycles. The lowest BCUT2D eigenvalue weighted by molar-refractivity contribution is -0.914. The maximum atomic E-state index is 13.2. The first-order valence-corrected chi connectivity index (χ1v) is 11.9. The van der Waals surface area contributed by atoms with Gasteiger partial charge in [0.1, 0.15) is 6.61 Å². The molecule has 0 aliphatic carbocycles. The molecule has 3 rings (SSSR count). The van der Waals surface area contributed by atoms with E-state index in [1.165, 1.54) is 13.5 Å². The number of quaternary nitrogens is 1. The summed E-state index contributed by atoms with van der Waals surface area (Å²) in [7, 11) is 1.32. The second kappa shape index (κ2) is 12.3. The number of hydrogen-bond donors (Lipinski definition) is 1. The molecule has 0 atom stereocenters. The standard InChI is InChI=1S/C27H34N2O5/c1-21-12-11-15-23(27(32)33-2)26(21)28-24(30)18-29(16-9-4-3-5-10-17-29)19-25(31)34-20-22-13-7-6-8-14-22/h6-8,11-15H,3-5,9-10,16-20H2,1-2H3/p+1. The van der Waals surface area contributed by atoms with Crippen LogP contribution in [0.3, 0.4) is 0 Å². The summed E-state index contributed by atoms with van der Waals surface area (Å²) in [6.07, 6.45) is 5.26. The van der Waals surface area contributed by atoms with Gasteiger partial charge in [-0.25, -0.2) is 9.59 Å². The number of rotatable bonds is 8. The van der Waals surface area contributed by atoms with Crippen molar-refractivity contribution in [3.63, 3.8) is 0 Å². The number of benzene rings is 2. The van der Waals surface area contributed by atoms with Gasteiger partial charge in [-0.3, -0.25) is 4.79 Å². The Morgan fingerprint density at radius 2 is 1.56 bits per heavy atom. The highest BCUT2D eigenvalue weighted by Crippen LogP contribution is 2.23. The molecular formula is C27H35N2O5+. The maximum absolute atomic E-state index is 13.2. The molecule has 0 unspecified atom stereocenters. The number of aryl methyl sites for hydroxylation is 1. The van der Waals surface area contributed by atoms with Gasteiger partial charge in [0.15, 0.2) is 13.1 Å². The van der Waals surface area contributed by atoms with Gasteiger partial charge in [0, 0.05) is 0 Å². The van der Waals surface area contributed by atoms with Gasteiger partial charge in [0.2, 0.25) is 0 Å². The van der Waals surface area contributed by atoms with Crippen LogP contribution in [0.5, 0.6) is 0 Å². The molecular weight excluding hydrogens is 432 g/mol. The smallest absolute Gasteiger partial charge is 0.362 e.